The smallest absolute Gasteiger partial charge is 0.262 e. The van der Waals surface area contributed by atoms with Crippen molar-refractivity contribution < 1.29 is 0 Å². The van der Waals surface area contributed by atoms with E-state index in [1.807, 2.05) is 34.9 Å². The average molecular weight is 344 g/mol. The third-order valence-electron chi connectivity index (χ3n) is 3.84. The van der Waals surface area contributed by atoms with Crippen molar-refractivity contribution in [2.75, 3.05) is 0 Å². The second kappa shape index (κ2) is 5.98. The van der Waals surface area contributed by atoms with Gasteiger partial charge in [-0.05, 0) is 36.6 Å². The number of halogens is 1. The van der Waals surface area contributed by atoms with Crippen LogP contribution < -0.4 is 5.56 Å². The van der Waals surface area contributed by atoms with Gasteiger partial charge < -0.3 is 0 Å². The normalized spacial score (nSPS) is 14.3. The summed E-state index contributed by atoms with van der Waals surface area (Å²) in [5, 5.41) is 1.96. The largest absolute Gasteiger partial charge is 0.284 e. The summed E-state index contributed by atoms with van der Waals surface area (Å²) in [7, 11) is 0. The first-order valence-corrected chi connectivity index (χ1v) is 8.83. The van der Waals surface area contributed by atoms with Gasteiger partial charge in [-0.1, -0.05) is 41.6 Å². The zero-order valence-corrected chi connectivity index (χ0v) is 13.8. The van der Waals surface area contributed by atoms with Crippen molar-refractivity contribution in [2.45, 2.75) is 29.8 Å². The Labute approximate surface area is 142 Å². The number of para-hydroxylation sites is 1. The number of hydrogen-bond acceptors (Lipinski definition) is 4. The summed E-state index contributed by atoms with van der Waals surface area (Å²) in [5.74, 6) is 0.710. The summed E-state index contributed by atoms with van der Waals surface area (Å²) in [6.45, 7) is 0. The van der Waals surface area contributed by atoms with E-state index in [1.54, 1.807) is 24.0 Å². The van der Waals surface area contributed by atoms with Crippen molar-refractivity contribution in [1.82, 2.24) is 14.5 Å². The van der Waals surface area contributed by atoms with Gasteiger partial charge in [0.2, 0.25) is 0 Å². The predicted molar refractivity (Wildman–Crippen MR) is 93.1 cm³/mol. The van der Waals surface area contributed by atoms with Crippen LogP contribution in [0.15, 0.2) is 52.5 Å². The molecule has 1 aromatic carbocycles. The van der Waals surface area contributed by atoms with E-state index in [2.05, 4.69) is 4.98 Å². The average Bonchev–Trinajstić information content (AvgIpc) is 3.39. The lowest BCUT2D eigenvalue weighted by Gasteiger charge is -2.12. The third-order valence-corrected chi connectivity index (χ3v) is 5.09. The van der Waals surface area contributed by atoms with Crippen LogP contribution in [0.5, 0.6) is 0 Å². The van der Waals surface area contributed by atoms with Gasteiger partial charge in [0.15, 0.2) is 5.16 Å². The lowest BCUT2D eigenvalue weighted by Crippen LogP contribution is -2.22. The molecular formula is C17H14ClN3OS. The van der Waals surface area contributed by atoms with Crippen LogP contribution in [-0.4, -0.2) is 14.5 Å². The molecule has 0 aliphatic heterocycles. The van der Waals surface area contributed by atoms with Crippen molar-refractivity contribution in [3.8, 4) is 0 Å². The number of pyridine rings is 1. The van der Waals surface area contributed by atoms with Crippen molar-refractivity contribution in [3.63, 3.8) is 0 Å². The van der Waals surface area contributed by atoms with Crippen LogP contribution in [-0.2, 0) is 5.75 Å². The number of benzene rings is 1. The standard InChI is InChI=1S/C17H14ClN3OS/c18-15-8-5-11(9-19-15)10-23-17-20-14-4-2-1-3-13(14)16(22)21(17)12-6-7-12/h1-5,8-9,12H,6-7,10H2. The van der Waals surface area contributed by atoms with E-state index in [0.29, 0.717) is 22.3 Å². The van der Waals surface area contributed by atoms with Gasteiger partial charge in [0.25, 0.3) is 5.56 Å². The van der Waals surface area contributed by atoms with Gasteiger partial charge in [0, 0.05) is 18.0 Å². The summed E-state index contributed by atoms with van der Waals surface area (Å²) >= 11 is 7.39. The molecule has 1 saturated carbocycles. The second-order valence-electron chi connectivity index (χ2n) is 5.60. The molecule has 0 saturated heterocycles. The Kier molecular flexibility index (Phi) is 3.83. The monoisotopic (exact) mass is 343 g/mol. The lowest BCUT2D eigenvalue weighted by atomic mass is 10.2. The van der Waals surface area contributed by atoms with Crippen molar-refractivity contribution in [3.05, 3.63) is 63.7 Å². The van der Waals surface area contributed by atoms with E-state index in [4.69, 9.17) is 16.6 Å². The zero-order valence-electron chi connectivity index (χ0n) is 12.3. The highest BCUT2D eigenvalue weighted by molar-refractivity contribution is 7.98. The summed E-state index contributed by atoms with van der Waals surface area (Å²) < 4.78 is 1.86. The molecule has 116 valence electrons. The van der Waals surface area contributed by atoms with Gasteiger partial charge in [-0.2, -0.15) is 0 Å². The summed E-state index contributed by atoms with van der Waals surface area (Å²) in [5.41, 5.74) is 1.88. The molecule has 2 aromatic heterocycles. The molecule has 1 aliphatic rings. The highest BCUT2D eigenvalue weighted by Gasteiger charge is 2.28. The maximum absolute atomic E-state index is 12.8. The molecule has 4 nitrogen and oxygen atoms in total. The Bertz CT molecular complexity index is 919. The number of rotatable bonds is 4. The molecule has 0 bridgehead atoms. The summed E-state index contributed by atoms with van der Waals surface area (Å²) in [4.78, 5) is 21.6. The second-order valence-corrected chi connectivity index (χ2v) is 6.93. The van der Waals surface area contributed by atoms with E-state index in [0.717, 1.165) is 29.1 Å². The van der Waals surface area contributed by atoms with Gasteiger partial charge in [0.1, 0.15) is 5.15 Å². The molecule has 0 atom stereocenters. The highest BCUT2D eigenvalue weighted by Crippen LogP contribution is 2.37. The molecule has 4 rings (SSSR count). The Morgan fingerprint density at radius 1 is 1.22 bits per heavy atom. The van der Waals surface area contributed by atoms with Gasteiger partial charge in [-0.3, -0.25) is 9.36 Å². The minimum atomic E-state index is 0.0647. The maximum atomic E-state index is 12.8. The topological polar surface area (TPSA) is 47.8 Å². The van der Waals surface area contributed by atoms with E-state index >= 15 is 0 Å². The van der Waals surface area contributed by atoms with Crippen LogP contribution >= 0.6 is 23.4 Å². The van der Waals surface area contributed by atoms with Crippen LogP contribution in [0, 0.1) is 0 Å². The van der Waals surface area contributed by atoms with E-state index < -0.39 is 0 Å². The number of thioether (sulfide) groups is 1. The number of aromatic nitrogens is 3. The molecule has 0 amide bonds. The summed E-state index contributed by atoms with van der Waals surface area (Å²) in [6, 6.07) is 11.6. The van der Waals surface area contributed by atoms with Crippen LogP contribution in [0.3, 0.4) is 0 Å². The third kappa shape index (κ3) is 2.99. The van der Waals surface area contributed by atoms with Crippen LogP contribution in [0.25, 0.3) is 10.9 Å². The van der Waals surface area contributed by atoms with E-state index in [9.17, 15) is 4.79 Å². The van der Waals surface area contributed by atoms with E-state index in [1.165, 1.54) is 0 Å². The van der Waals surface area contributed by atoms with E-state index in [-0.39, 0.29) is 5.56 Å². The highest BCUT2D eigenvalue weighted by atomic mass is 35.5. The van der Waals surface area contributed by atoms with Crippen LogP contribution in [0.4, 0.5) is 0 Å². The first-order chi connectivity index (χ1) is 11.2. The van der Waals surface area contributed by atoms with Crippen molar-refractivity contribution in [1.29, 1.82) is 0 Å². The number of nitrogens with zero attached hydrogens (tertiary/aromatic N) is 3. The summed E-state index contributed by atoms with van der Waals surface area (Å²) in [6.07, 6.45) is 3.86. The molecule has 2 heterocycles. The Balaban J connectivity index is 1.72. The molecular weight excluding hydrogens is 330 g/mol. The predicted octanol–water partition coefficient (Wildman–Crippen LogP) is 4.07. The number of hydrogen-bond donors (Lipinski definition) is 0. The molecule has 23 heavy (non-hydrogen) atoms. The van der Waals surface area contributed by atoms with Gasteiger partial charge in [-0.25, -0.2) is 9.97 Å². The fourth-order valence-electron chi connectivity index (χ4n) is 2.52. The fraction of sp³-hybridized carbons (Fsp3) is 0.235. The zero-order chi connectivity index (χ0) is 15.8. The molecule has 0 N–H and O–H groups in total. The molecule has 6 heteroatoms. The SMILES string of the molecule is O=c1c2ccccc2nc(SCc2ccc(Cl)nc2)n1C1CC1. The first-order valence-electron chi connectivity index (χ1n) is 7.47. The molecule has 1 fully saturated rings. The van der Waals surface area contributed by atoms with Crippen LogP contribution in [0.1, 0.15) is 24.4 Å². The van der Waals surface area contributed by atoms with Crippen molar-refractivity contribution >= 4 is 34.3 Å². The lowest BCUT2D eigenvalue weighted by molar-refractivity contribution is 0.618. The van der Waals surface area contributed by atoms with Crippen LogP contribution in [0.2, 0.25) is 5.15 Å². The van der Waals surface area contributed by atoms with Gasteiger partial charge >= 0.3 is 0 Å². The minimum Gasteiger partial charge on any atom is -0.284 e. The first kappa shape index (κ1) is 14.7. The Morgan fingerprint density at radius 2 is 2.04 bits per heavy atom. The minimum absolute atomic E-state index is 0.0647. The molecule has 3 aromatic rings. The maximum Gasteiger partial charge on any atom is 0.262 e. The Hall–Kier alpha value is -1.85. The molecule has 0 radical (unpaired) electrons. The van der Waals surface area contributed by atoms with Crippen molar-refractivity contribution in [2.24, 2.45) is 0 Å². The molecule has 1 aliphatic carbocycles. The Morgan fingerprint density at radius 3 is 2.78 bits per heavy atom. The van der Waals surface area contributed by atoms with Gasteiger partial charge in [-0.15, -0.1) is 0 Å². The fourth-order valence-corrected chi connectivity index (χ4v) is 3.63. The number of fused-ring (bicyclic) bond motifs is 1. The van der Waals surface area contributed by atoms with Gasteiger partial charge in [0.05, 0.1) is 10.9 Å². The molecule has 0 spiro atoms. The quantitative estimate of drug-likeness (QED) is 0.407. The molecule has 0 unspecified atom stereocenters.